The van der Waals surface area contributed by atoms with Gasteiger partial charge in [0.2, 0.25) is 5.88 Å². The number of methoxy groups -OCH3 is 1. The van der Waals surface area contributed by atoms with Crippen molar-refractivity contribution in [2.45, 2.75) is 38.1 Å². The average Bonchev–Trinajstić information content (AvgIpc) is 2.95. The quantitative estimate of drug-likeness (QED) is 0.900. The van der Waals surface area contributed by atoms with Crippen molar-refractivity contribution in [3.8, 4) is 5.88 Å². The Morgan fingerprint density at radius 3 is 3.05 bits per heavy atom. The number of ether oxygens (including phenoxy) is 1. The molecule has 108 valence electrons. The highest BCUT2D eigenvalue weighted by Crippen LogP contribution is 2.36. The zero-order valence-corrected chi connectivity index (χ0v) is 11.7. The lowest BCUT2D eigenvalue weighted by molar-refractivity contribution is 0.138. The van der Waals surface area contributed by atoms with Gasteiger partial charge in [0, 0.05) is 18.7 Å². The maximum Gasteiger partial charge on any atom is 0.323 e. The summed E-state index contributed by atoms with van der Waals surface area (Å²) in [4.78, 5) is 22.4. The van der Waals surface area contributed by atoms with Crippen molar-refractivity contribution in [3.63, 3.8) is 0 Å². The number of hydrogen-bond acceptors (Lipinski definition) is 4. The summed E-state index contributed by atoms with van der Waals surface area (Å²) in [6.45, 7) is 0.842. The fourth-order valence-electron chi connectivity index (χ4n) is 3.41. The van der Waals surface area contributed by atoms with E-state index in [-0.39, 0.29) is 6.03 Å². The summed E-state index contributed by atoms with van der Waals surface area (Å²) in [5.41, 5.74) is 0. The van der Waals surface area contributed by atoms with Crippen LogP contribution in [0.15, 0.2) is 12.4 Å². The van der Waals surface area contributed by atoms with Crippen molar-refractivity contribution in [2.75, 3.05) is 19.0 Å². The number of urea groups is 1. The van der Waals surface area contributed by atoms with Gasteiger partial charge in [0.15, 0.2) is 0 Å². The van der Waals surface area contributed by atoms with Gasteiger partial charge in [-0.2, -0.15) is 0 Å². The molecule has 0 unspecified atom stereocenters. The van der Waals surface area contributed by atoms with Crippen LogP contribution in [0.2, 0.25) is 0 Å². The van der Waals surface area contributed by atoms with Crippen LogP contribution in [0.4, 0.5) is 10.6 Å². The summed E-state index contributed by atoms with van der Waals surface area (Å²) < 4.78 is 5.04. The smallest absolute Gasteiger partial charge is 0.323 e. The number of carbonyl (C=O) groups excluding carboxylic acids is 1. The number of fused-ring (bicyclic) bond motifs is 1. The first-order valence-electron chi connectivity index (χ1n) is 7.21. The summed E-state index contributed by atoms with van der Waals surface area (Å²) in [6.07, 6.45) is 7.38. The number of rotatable bonds is 2. The van der Waals surface area contributed by atoms with Crippen molar-refractivity contribution in [3.05, 3.63) is 12.4 Å². The van der Waals surface area contributed by atoms with E-state index in [4.69, 9.17) is 4.74 Å². The number of hydrogen-bond donors (Lipinski definition) is 1. The molecule has 3 rings (SSSR count). The van der Waals surface area contributed by atoms with Crippen LogP contribution in [0.3, 0.4) is 0 Å². The summed E-state index contributed by atoms with van der Waals surface area (Å²) in [5, 5.41) is 2.85. The van der Waals surface area contributed by atoms with Gasteiger partial charge < -0.3 is 9.64 Å². The highest BCUT2D eigenvalue weighted by molar-refractivity contribution is 5.88. The van der Waals surface area contributed by atoms with Gasteiger partial charge in [0.25, 0.3) is 0 Å². The lowest BCUT2D eigenvalue weighted by Crippen LogP contribution is -2.48. The van der Waals surface area contributed by atoms with Crippen LogP contribution < -0.4 is 10.1 Å². The molecule has 0 aromatic carbocycles. The maximum atomic E-state index is 12.4. The molecular formula is C14H20N4O2. The van der Waals surface area contributed by atoms with E-state index in [1.807, 2.05) is 4.90 Å². The van der Waals surface area contributed by atoms with Gasteiger partial charge in [-0.3, -0.25) is 5.32 Å². The zero-order chi connectivity index (χ0) is 13.9. The van der Waals surface area contributed by atoms with Crippen LogP contribution in [0.25, 0.3) is 0 Å². The Hall–Kier alpha value is -1.85. The molecule has 6 heteroatoms. The summed E-state index contributed by atoms with van der Waals surface area (Å²) in [5.74, 6) is 1.63. The first kappa shape index (κ1) is 13.1. The second-order valence-corrected chi connectivity index (χ2v) is 5.47. The first-order chi connectivity index (χ1) is 9.78. The van der Waals surface area contributed by atoms with E-state index in [0.717, 1.165) is 19.4 Å². The van der Waals surface area contributed by atoms with Crippen molar-refractivity contribution in [1.82, 2.24) is 14.9 Å². The molecule has 2 fully saturated rings. The van der Waals surface area contributed by atoms with Crippen molar-refractivity contribution < 1.29 is 9.53 Å². The fourth-order valence-corrected chi connectivity index (χ4v) is 3.41. The predicted octanol–water partition coefficient (Wildman–Crippen LogP) is 2.28. The molecule has 1 aliphatic heterocycles. The number of anilines is 1. The highest BCUT2D eigenvalue weighted by atomic mass is 16.5. The minimum absolute atomic E-state index is 0.0534. The summed E-state index contributed by atoms with van der Waals surface area (Å²) in [6, 6.07) is 1.99. The van der Waals surface area contributed by atoms with Crippen LogP contribution >= 0.6 is 0 Å². The van der Waals surface area contributed by atoms with E-state index in [1.54, 1.807) is 13.2 Å². The lowest BCUT2D eigenvalue weighted by atomic mass is 9.92. The molecule has 0 spiro atoms. The monoisotopic (exact) mass is 276 g/mol. The minimum atomic E-state index is -0.0534. The molecule has 1 saturated carbocycles. The molecule has 2 amide bonds. The Labute approximate surface area is 118 Å². The minimum Gasteiger partial charge on any atom is -0.481 e. The van der Waals surface area contributed by atoms with Crippen LogP contribution in [-0.2, 0) is 0 Å². The molecule has 2 aliphatic rings. The van der Waals surface area contributed by atoms with Gasteiger partial charge in [-0.15, -0.1) is 0 Å². The molecule has 1 saturated heterocycles. The largest absolute Gasteiger partial charge is 0.481 e. The number of nitrogens with zero attached hydrogens (tertiary/aromatic N) is 3. The third-order valence-electron chi connectivity index (χ3n) is 4.34. The second-order valence-electron chi connectivity index (χ2n) is 5.47. The fraction of sp³-hybridized carbons (Fsp3) is 0.643. The van der Waals surface area contributed by atoms with E-state index in [1.165, 1.54) is 25.6 Å². The van der Waals surface area contributed by atoms with E-state index < -0.39 is 0 Å². The average molecular weight is 276 g/mol. The van der Waals surface area contributed by atoms with E-state index in [0.29, 0.717) is 23.7 Å². The lowest BCUT2D eigenvalue weighted by Gasteiger charge is -2.37. The number of likely N-dealkylation sites (tertiary alicyclic amines) is 1. The number of nitrogens with one attached hydrogen (secondary N) is 1. The Balaban J connectivity index is 1.68. The van der Waals surface area contributed by atoms with Gasteiger partial charge >= 0.3 is 6.03 Å². The number of carbonyl (C=O) groups is 1. The number of piperidine rings is 1. The Morgan fingerprint density at radius 2 is 2.20 bits per heavy atom. The summed E-state index contributed by atoms with van der Waals surface area (Å²) >= 11 is 0. The predicted molar refractivity (Wildman–Crippen MR) is 74.7 cm³/mol. The Bertz CT molecular complexity index is 494. The highest BCUT2D eigenvalue weighted by Gasteiger charge is 2.37. The van der Waals surface area contributed by atoms with Gasteiger partial charge in [-0.1, -0.05) is 6.42 Å². The number of aromatic nitrogens is 2. The van der Waals surface area contributed by atoms with Crippen molar-refractivity contribution in [1.29, 1.82) is 0 Å². The zero-order valence-electron chi connectivity index (χ0n) is 11.7. The van der Waals surface area contributed by atoms with Crippen molar-refractivity contribution in [2.24, 2.45) is 5.92 Å². The molecule has 1 aromatic heterocycles. The van der Waals surface area contributed by atoms with Gasteiger partial charge in [-0.05, 0) is 31.6 Å². The molecule has 2 heterocycles. The molecule has 1 N–H and O–H groups in total. The third-order valence-corrected chi connectivity index (χ3v) is 4.34. The molecule has 0 bridgehead atoms. The van der Waals surface area contributed by atoms with Crippen LogP contribution in [0.1, 0.15) is 32.1 Å². The normalized spacial score (nSPS) is 25.1. The molecular weight excluding hydrogens is 256 g/mol. The standard InChI is InChI=1S/C14H20N4O2/c1-20-13-8-12(15-9-16-13)17-14(19)18-7-3-5-10-4-2-6-11(10)18/h8-11H,2-7H2,1H3,(H,15,16,17,19)/t10-,11-/m0/s1. The molecule has 2 atom stereocenters. The topological polar surface area (TPSA) is 67.3 Å². The first-order valence-corrected chi connectivity index (χ1v) is 7.21. The molecule has 6 nitrogen and oxygen atoms in total. The van der Waals surface area contributed by atoms with E-state index >= 15 is 0 Å². The second kappa shape index (κ2) is 5.64. The van der Waals surface area contributed by atoms with Gasteiger partial charge in [-0.25, -0.2) is 14.8 Å². The Kier molecular flexibility index (Phi) is 3.71. The van der Waals surface area contributed by atoms with Crippen LogP contribution in [0, 0.1) is 5.92 Å². The van der Waals surface area contributed by atoms with E-state index in [2.05, 4.69) is 15.3 Å². The molecule has 20 heavy (non-hydrogen) atoms. The van der Waals surface area contributed by atoms with Gasteiger partial charge in [0.1, 0.15) is 12.1 Å². The third kappa shape index (κ3) is 2.55. The summed E-state index contributed by atoms with van der Waals surface area (Å²) in [7, 11) is 1.54. The van der Waals surface area contributed by atoms with Gasteiger partial charge in [0.05, 0.1) is 7.11 Å². The van der Waals surface area contributed by atoms with Crippen molar-refractivity contribution >= 4 is 11.8 Å². The SMILES string of the molecule is COc1cc(NC(=O)N2CCC[C@@H]3CCC[C@@H]32)ncn1. The maximum absolute atomic E-state index is 12.4. The van der Waals surface area contributed by atoms with Crippen LogP contribution in [0.5, 0.6) is 5.88 Å². The molecule has 1 aliphatic carbocycles. The molecule has 1 aromatic rings. The van der Waals surface area contributed by atoms with Crippen LogP contribution in [-0.4, -0.2) is 40.6 Å². The number of amides is 2. The molecule has 0 radical (unpaired) electrons. The Morgan fingerprint density at radius 1 is 1.35 bits per heavy atom. The van der Waals surface area contributed by atoms with E-state index in [9.17, 15) is 4.79 Å².